The number of anilines is 1. The topological polar surface area (TPSA) is 103 Å². The maximum absolute atomic E-state index is 12.4. The number of nitrogens with zero attached hydrogens (tertiary/aromatic N) is 4. The standard InChI is InChI=1S/C16H11N5O3S2/c1-9-8-13(18-15(22)12-6-7-14(25-12)21(23)24)20(19-9)16-17-10-4-2-3-5-11(10)26-16/h2-8H,1H3,(H,18,22). The number of rotatable bonds is 4. The van der Waals surface area contributed by atoms with Crippen molar-refractivity contribution in [3.8, 4) is 5.13 Å². The maximum atomic E-state index is 12.4. The molecule has 0 aliphatic carbocycles. The number of aromatic nitrogens is 3. The number of fused-ring (bicyclic) bond motifs is 1. The van der Waals surface area contributed by atoms with E-state index in [1.807, 2.05) is 31.2 Å². The molecule has 0 spiro atoms. The number of nitrogens with one attached hydrogen (secondary N) is 1. The summed E-state index contributed by atoms with van der Waals surface area (Å²) in [5, 5.41) is 18.5. The molecule has 0 aliphatic rings. The highest BCUT2D eigenvalue weighted by molar-refractivity contribution is 7.20. The van der Waals surface area contributed by atoms with Crippen LogP contribution in [0.5, 0.6) is 0 Å². The minimum Gasteiger partial charge on any atom is -0.306 e. The summed E-state index contributed by atoms with van der Waals surface area (Å²) in [5.41, 5.74) is 1.57. The molecule has 10 heteroatoms. The van der Waals surface area contributed by atoms with Gasteiger partial charge >= 0.3 is 5.00 Å². The number of hydrogen-bond acceptors (Lipinski definition) is 7. The van der Waals surface area contributed by atoms with Crippen LogP contribution in [0.2, 0.25) is 0 Å². The Kier molecular flexibility index (Phi) is 3.98. The van der Waals surface area contributed by atoms with Crippen molar-refractivity contribution in [2.45, 2.75) is 6.92 Å². The van der Waals surface area contributed by atoms with Crippen LogP contribution in [0.3, 0.4) is 0 Å². The number of carbonyl (C=O) groups is 1. The van der Waals surface area contributed by atoms with Crippen LogP contribution >= 0.6 is 22.7 Å². The molecular weight excluding hydrogens is 374 g/mol. The van der Waals surface area contributed by atoms with Gasteiger partial charge in [0.2, 0.25) is 5.13 Å². The predicted octanol–water partition coefficient (Wildman–Crippen LogP) is 4.01. The normalized spacial score (nSPS) is 11.0. The molecule has 0 unspecified atom stereocenters. The van der Waals surface area contributed by atoms with Gasteiger partial charge in [-0.25, -0.2) is 4.98 Å². The van der Waals surface area contributed by atoms with Crippen LogP contribution in [0.1, 0.15) is 15.4 Å². The first-order chi connectivity index (χ1) is 12.5. The average Bonchev–Trinajstić information content (AvgIpc) is 3.31. The Morgan fingerprint density at radius 1 is 1.23 bits per heavy atom. The lowest BCUT2D eigenvalue weighted by Gasteiger charge is -2.04. The first-order valence-electron chi connectivity index (χ1n) is 7.49. The van der Waals surface area contributed by atoms with Crippen molar-refractivity contribution in [3.63, 3.8) is 0 Å². The molecule has 1 N–H and O–H groups in total. The van der Waals surface area contributed by atoms with Gasteiger partial charge in [0.05, 0.1) is 25.7 Å². The second-order valence-electron chi connectivity index (χ2n) is 5.40. The molecular formula is C16H11N5O3S2. The second kappa shape index (κ2) is 6.32. The van der Waals surface area contributed by atoms with Crippen LogP contribution in [-0.4, -0.2) is 25.6 Å². The van der Waals surface area contributed by atoms with Crippen molar-refractivity contribution >= 4 is 49.6 Å². The Bertz CT molecular complexity index is 1110. The minimum atomic E-state index is -0.517. The Labute approximate surface area is 154 Å². The second-order valence-corrected chi connectivity index (χ2v) is 7.47. The summed E-state index contributed by atoms with van der Waals surface area (Å²) in [6.07, 6.45) is 0. The molecule has 130 valence electrons. The van der Waals surface area contributed by atoms with Crippen molar-refractivity contribution in [2.24, 2.45) is 0 Å². The molecule has 3 aromatic heterocycles. The van der Waals surface area contributed by atoms with Gasteiger partial charge < -0.3 is 5.32 Å². The van der Waals surface area contributed by atoms with Gasteiger partial charge in [-0.15, -0.1) is 0 Å². The summed E-state index contributed by atoms with van der Waals surface area (Å²) in [6, 6.07) is 12.2. The van der Waals surface area contributed by atoms with E-state index >= 15 is 0 Å². The van der Waals surface area contributed by atoms with Gasteiger partial charge in [0.25, 0.3) is 5.91 Å². The molecule has 0 saturated carbocycles. The van der Waals surface area contributed by atoms with Crippen LogP contribution in [0, 0.1) is 17.0 Å². The molecule has 0 aliphatic heterocycles. The molecule has 1 amide bonds. The summed E-state index contributed by atoms with van der Waals surface area (Å²) in [5.74, 6) is 0.0352. The first kappa shape index (κ1) is 16.4. The zero-order valence-corrected chi connectivity index (χ0v) is 15.0. The van der Waals surface area contributed by atoms with E-state index in [9.17, 15) is 14.9 Å². The summed E-state index contributed by atoms with van der Waals surface area (Å²) in [4.78, 5) is 27.5. The van der Waals surface area contributed by atoms with Gasteiger partial charge in [0, 0.05) is 12.1 Å². The third-order valence-corrected chi connectivity index (χ3v) is 5.58. The fourth-order valence-electron chi connectivity index (χ4n) is 2.41. The third kappa shape index (κ3) is 2.95. The maximum Gasteiger partial charge on any atom is 0.324 e. The number of benzene rings is 1. The predicted molar refractivity (Wildman–Crippen MR) is 100 cm³/mol. The summed E-state index contributed by atoms with van der Waals surface area (Å²) in [6.45, 7) is 1.81. The van der Waals surface area contributed by atoms with Crippen molar-refractivity contribution in [1.82, 2.24) is 14.8 Å². The van der Waals surface area contributed by atoms with Crippen LogP contribution in [0.25, 0.3) is 15.3 Å². The molecule has 1 aromatic carbocycles. The van der Waals surface area contributed by atoms with E-state index in [0.717, 1.165) is 27.2 Å². The van der Waals surface area contributed by atoms with Crippen LogP contribution < -0.4 is 5.32 Å². The highest BCUT2D eigenvalue weighted by atomic mass is 32.1. The number of amides is 1. The number of aryl methyl sites for hydroxylation is 1. The smallest absolute Gasteiger partial charge is 0.306 e. The van der Waals surface area contributed by atoms with Gasteiger partial charge in [0.15, 0.2) is 0 Å². The quantitative estimate of drug-likeness (QED) is 0.422. The fraction of sp³-hybridized carbons (Fsp3) is 0.0625. The largest absolute Gasteiger partial charge is 0.324 e. The SMILES string of the molecule is Cc1cc(NC(=O)c2ccc([N+](=O)[O-])s2)n(-c2nc3ccccc3s2)n1. The van der Waals surface area contributed by atoms with E-state index < -0.39 is 10.8 Å². The number of thiophene rings is 1. The molecule has 0 bridgehead atoms. The number of nitro groups is 1. The minimum absolute atomic E-state index is 0.0778. The molecule has 4 rings (SSSR count). The molecule has 3 heterocycles. The van der Waals surface area contributed by atoms with Crippen LogP contribution in [0.15, 0.2) is 42.5 Å². The van der Waals surface area contributed by atoms with Crippen molar-refractivity contribution in [3.05, 3.63) is 63.1 Å². The number of para-hydroxylation sites is 1. The van der Waals surface area contributed by atoms with E-state index in [2.05, 4.69) is 15.4 Å². The zero-order valence-electron chi connectivity index (χ0n) is 13.4. The fourth-order valence-corrected chi connectivity index (χ4v) is 4.06. The van der Waals surface area contributed by atoms with Crippen LogP contribution in [0.4, 0.5) is 10.8 Å². The highest BCUT2D eigenvalue weighted by Crippen LogP contribution is 2.28. The number of hydrogen-bond donors (Lipinski definition) is 1. The summed E-state index contributed by atoms with van der Waals surface area (Å²) < 4.78 is 2.58. The zero-order chi connectivity index (χ0) is 18.3. The van der Waals surface area contributed by atoms with Gasteiger partial charge in [0.1, 0.15) is 5.82 Å². The molecule has 4 aromatic rings. The Balaban J connectivity index is 1.67. The van der Waals surface area contributed by atoms with E-state index in [1.54, 1.807) is 10.7 Å². The molecule has 0 fully saturated rings. The lowest BCUT2D eigenvalue weighted by Crippen LogP contribution is -2.13. The van der Waals surface area contributed by atoms with Crippen molar-refractivity contribution in [2.75, 3.05) is 5.32 Å². The Hall–Kier alpha value is -3.11. The molecule has 0 radical (unpaired) electrons. The van der Waals surface area contributed by atoms with Gasteiger partial charge in [-0.05, 0) is 25.1 Å². The lowest BCUT2D eigenvalue weighted by atomic mass is 10.3. The molecule has 8 nitrogen and oxygen atoms in total. The summed E-state index contributed by atoms with van der Waals surface area (Å²) >= 11 is 2.29. The van der Waals surface area contributed by atoms with Gasteiger partial charge in [-0.3, -0.25) is 14.9 Å². The number of carbonyl (C=O) groups excluding carboxylic acids is 1. The van der Waals surface area contributed by atoms with E-state index in [0.29, 0.717) is 10.9 Å². The molecule has 0 saturated heterocycles. The highest BCUT2D eigenvalue weighted by Gasteiger charge is 2.18. The first-order valence-corrected chi connectivity index (χ1v) is 9.13. The van der Waals surface area contributed by atoms with Crippen LogP contribution in [-0.2, 0) is 0 Å². The van der Waals surface area contributed by atoms with E-state index in [4.69, 9.17) is 0 Å². The van der Waals surface area contributed by atoms with E-state index in [1.165, 1.54) is 23.5 Å². The third-order valence-electron chi connectivity index (χ3n) is 3.53. The average molecular weight is 385 g/mol. The van der Waals surface area contributed by atoms with Crippen molar-refractivity contribution in [1.29, 1.82) is 0 Å². The monoisotopic (exact) mass is 385 g/mol. The molecule has 26 heavy (non-hydrogen) atoms. The van der Waals surface area contributed by atoms with Gasteiger partial charge in [-0.2, -0.15) is 9.78 Å². The van der Waals surface area contributed by atoms with Gasteiger partial charge in [-0.1, -0.05) is 34.8 Å². The molecule has 0 atom stereocenters. The van der Waals surface area contributed by atoms with Crippen molar-refractivity contribution < 1.29 is 9.72 Å². The summed E-state index contributed by atoms with van der Waals surface area (Å²) in [7, 11) is 0. The Morgan fingerprint density at radius 2 is 2.04 bits per heavy atom. The Morgan fingerprint density at radius 3 is 2.77 bits per heavy atom. The van der Waals surface area contributed by atoms with E-state index in [-0.39, 0.29) is 9.88 Å². The number of thiazole rings is 1. The lowest BCUT2D eigenvalue weighted by molar-refractivity contribution is -0.380.